The Hall–Kier alpha value is -3.05. The van der Waals surface area contributed by atoms with E-state index < -0.39 is 11.5 Å². The van der Waals surface area contributed by atoms with Crippen molar-refractivity contribution in [2.75, 3.05) is 7.11 Å². The SMILES string of the molecule is COc1ccc(-n2cc(O)c(=O)cc2C(C)O)cc1-c1ccccc1. The highest BCUT2D eigenvalue weighted by molar-refractivity contribution is 5.72. The highest BCUT2D eigenvalue weighted by Gasteiger charge is 2.14. The van der Waals surface area contributed by atoms with Crippen molar-refractivity contribution in [2.24, 2.45) is 0 Å². The summed E-state index contributed by atoms with van der Waals surface area (Å²) in [5.41, 5.74) is 2.42. The van der Waals surface area contributed by atoms with Crippen LogP contribution in [0.15, 0.2) is 65.6 Å². The topological polar surface area (TPSA) is 71.7 Å². The number of aliphatic hydroxyl groups excluding tert-OH is 1. The molecule has 5 nitrogen and oxygen atoms in total. The van der Waals surface area contributed by atoms with Crippen molar-refractivity contribution in [1.82, 2.24) is 4.57 Å². The average molecular weight is 337 g/mol. The molecule has 0 bridgehead atoms. The number of methoxy groups -OCH3 is 1. The number of nitrogens with zero attached hydrogens (tertiary/aromatic N) is 1. The van der Waals surface area contributed by atoms with Crippen molar-refractivity contribution in [3.05, 3.63) is 76.7 Å². The number of hydrogen-bond acceptors (Lipinski definition) is 4. The summed E-state index contributed by atoms with van der Waals surface area (Å²) >= 11 is 0. The number of hydrogen-bond donors (Lipinski definition) is 2. The molecule has 2 N–H and O–H groups in total. The van der Waals surface area contributed by atoms with Gasteiger partial charge in [-0.3, -0.25) is 4.79 Å². The van der Waals surface area contributed by atoms with Crippen LogP contribution < -0.4 is 10.2 Å². The van der Waals surface area contributed by atoms with Gasteiger partial charge in [-0.25, -0.2) is 0 Å². The molecule has 0 aliphatic rings. The van der Waals surface area contributed by atoms with Gasteiger partial charge in [0.05, 0.1) is 25.1 Å². The van der Waals surface area contributed by atoms with Crippen LogP contribution in [0.25, 0.3) is 16.8 Å². The summed E-state index contributed by atoms with van der Waals surface area (Å²) in [4.78, 5) is 11.7. The maximum Gasteiger partial charge on any atom is 0.223 e. The van der Waals surface area contributed by atoms with Crippen molar-refractivity contribution >= 4 is 0 Å². The molecule has 128 valence electrons. The first kappa shape index (κ1) is 16.8. The van der Waals surface area contributed by atoms with E-state index in [0.717, 1.165) is 11.1 Å². The Bertz CT molecular complexity index is 946. The zero-order valence-corrected chi connectivity index (χ0v) is 14.0. The van der Waals surface area contributed by atoms with E-state index >= 15 is 0 Å². The van der Waals surface area contributed by atoms with Gasteiger partial charge in [0.2, 0.25) is 5.43 Å². The van der Waals surface area contributed by atoms with Crippen LogP contribution >= 0.6 is 0 Å². The molecule has 0 aliphatic carbocycles. The summed E-state index contributed by atoms with van der Waals surface area (Å²) in [6, 6.07) is 16.5. The molecule has 0 amide bonds. The van der Waals surface area contributed by atoms with Gasteiger partial charge in [-0.05, 0) is 30.7 Å². The smallest absolute Gasteiger partial charge is 0.223 e. The lowest BCUT2D eigenvalue weighted by molar-refractivity contribution is 0.191. The fourth-order valence-electron chi connectivity index (χ4n) is 2.77. The van der Waals surface area contributed by atoms with E-state index in [1.54, 1.807) is 24.7 Å². The summed E-state index contributed by atoms with van der Waals surface area (Å²) < 4.78 is 7.06. The van der Waals surface area contributed by atoms with Gasteiger partial charge in [0.1, 0.15) is 5.75 Å². The van der Waals surface area contributed by atoms with Crippen molar-refractivity contribution in [1.29, 1.82) is 0 Å². The average Bonchev–Trinajstić information content (AvgIpc) is 2.63. The van der Waals surface area contributed by atoms with E-state index in [1.165, 1.54) is 12.3 Å². The molecule has 0 saturated heterocycles. The molecule has 0 spiro atoms. The molecule has 3 rings (SSSR count). The molecule has 3 aromatic rings. The predicted molar refractivity (Wildman–Crippen MR) is 96.3 cm³/mol. The summed E-state index contributed by atoms with van der Waals surface area (Å²) in [5, 5.41) is 19.8. The normalized spacial score (nSPS) is 12.0. The van der Waals surface area contributed by atoms with Crippen LogP contribution in [0.4, 0.5) is 0 Å². The number of benzene rings is 2. The van der Waals surface area contributed by atoms with Crippen molar-refractivity contribution < 1.29 is 14.9 Å². The van der Waals surface area contributed by atoms with Crippen LogP contribution in [0, 0.1) is 0 Å². The molecule has 0 fully saturated rings. The molecule has 1 unspecified atom stereocenters. The minimum Gasteiger partial charge on any atom is -0.503 e. The summed E-state index contributed by atoms with van der Waals surface area (Å²) in [6.45, 7) is 1.57. The van der Waals surface area contributed by atoms with Gasteiger partial charge < -0.3 is 19.5 Å². The van der Waals surface area contributed by atoms with Crippen LogP contribution in [0.3, 0.4) is 0 Å². The van der Waals surface area contributed by atoms with E-state index in [0.29, 0.717) is 17.1 Å². The van der Waals surface area contributed by atoms with E-state index in [1.807, 2.05) is 42.5 Å². The number of pyridine rings is 1. The third-order valence-electron chi connectivity index (χ3n) is 4.04. The van der Waals surface area contributed by atoms with Crippen LogP contribution in [-0.2, 0) is 0 Å². The Balaban J connectivity index is 2.23. The Kier molecular flexibility index (Phi) is 4.59. The molecule has 25 heavy (non-hydrogen) atoms. The Morgan fingerprint density at radius 3 is 2.44 bits per heavy atom. The summed E-state index contributed by atoms with van der Waals surface area (Å²) in [5.74, 6) is 0.334. The second-order valence-corrected chi connectivity index (χ2v) is 5.74. The van der Waals surface area contributed by atoms with Gasteiger partial charge in [-0.1, -0.05) is 30.3 Å². The van der Waals surface area contributed by atoms with Gasteiger partial charge >= 0.3 is 0 Å². The van der Waals surface area contributed by atoms with Crippen molar-refractivity contribution in [3.8, 4) is 28.3 Å². The zero-order valence-electron chi connectivity index (χ0n) is 14.0. The monoisotopic (exact) mass is 337 g/mol. The Labute approximate surface area is 145 Å². The lowest BCUT2D eigenvalue weighted by Crippen LogP contribution is -2.13. The third kappa shape index (κ3) is 3.27. The summed E-state index contributed by atoms with van der Waals surface area (Å²) in [6.07, 6.45) is 0.455. The number of rotatable bonds is 4. The van der Waals surface area contributed by atoms with Crippen molar-refractivity contribution in [2.45, 2.75) is 13.0 Å². The van der Waals surface area contributed by atoms with E-state index in [4.69, 9.17) is 4.74 Å². The Morgan fingerprint density at radius 2 is 1.80 bits per heavy atom. The Morgan fingerprint density at radius 1 is 1.08 bits per heavy atom. The fourth-order valence-corrected chi connectivity index (χ4v) is 2.77. The number of aliphatic hydroxyl groups is 1. The highest BCUT2D eigenvalue weighted by atomic mass is 16.5. The van der Waals surface area contributed by atoms with E-state index in [2.05, 4.69) is 0 Å². The molecule has 0 saturated carbocycles. The number of aromatic nitrogens is 1. The van der Waals surface area contributed by atoms with Gasteiger partial charge in [-0.2, -0.15) is 0 Å². The molecule has 5 heteroatoms. The molecular formula is C20H19NO4. The maximum atomic E-state index is 11.7. The minimum atomic E-state index is -0.865. The van der Waals surface area contributed by atoms with Gasteiger partial charge in [0.15, 0.2) is 5.75 Å². The largest absolute Gasteiger partial charge is 0.503 e. The maximum absolute atomic E-state index is 11.7. The number of aromatic hydroxyl groups is 1. The first-order valence-corrected chi connectivity index (χ1v) is 7.88. The fraction of sp³-hybridized carbons (Fsp3) is 0.150. The number of ether oxygens (including phenoxy) is 1. The molecule has 0 aliphatic heterocycles. The molecular weight excluding hydrogens is 318 g/mol. The van der Waals surface area contributed by atoms with Crippen LogP contribution in [-0.4, -0.2) is 21.9 Å². The first-order chi connectivity index (χ1) is 12.0. The molecule has 2 aromatic carbocycles. The van der Waals surface area contributed by atoms with Crippen LogP contribution in [0.5, 0.6) is 11.5 Å². The van der Waals surface area contributed by atoms with Gasteiger partial charge in [0.25, 0.3) is 0 Å². The van der Waals surface area contributed by atoms with Gasteiger partial charge in [-0.15, -0.1) is 0 Å². The second kappa shape index (κ2) is 6.83. The lowest BCUT2D eigenvalue weighted by Gasteiger charge is -2.18. The van der Waals surface area contributed by atoms with Crippen molar-refractivity contribution in [3.63, 3.8) is 0 Å². The molecule has 1 atom stereocenters. The standard InChI is InChI=1S/C20H19NO4/c1-13(22)17-11-18(23)19(24)12-21(17)15-8-9-20(25-2)16(10-15)14-6-4-3-5-7-14/h3-13,22,24H,1-2H3. The molecule has 1 aromatic heterocycles. The summed E-state index contributed by atoms with van der Waals surface area (Å²) in [7, 11) is 1.61. The molecule has 1 heterocycles. The highest BCUT2D eigenvalue weighted by Crippen LogP contribution is 2.32. The van der Waals surface area contributed by atoms with E-state index in [-0.39, 0.29) is 5.75 Å². The van der Waals surface area contributed by atoms with Crippen LogP contribution in [0.2, 0.25) is 0 Å². The molecule has 0 radical (unpaired) electrons. The lowest BCUT2D eigenvalue weighted by atomic mass is 10.0. The first-order valence-electron chi connectivity index (χ1n) is 7.88. The predicted octanol–water partition coefficient (Wildman–Crippen LogP) is 3.27. The third-order valence-corrected chi connectivity index (χ3v) is 4.04. The zero-order chi connectivity index (χ0) is 18.0. The quantitative estimate of drug-likeness (QED) is 0.766. The van der Waals surface area contributed by atoms with Gasteiger partial charge in [0, 0.05) is 17.3 Å². The minimum absolute atomic E-state index is 0.374. The van der Waals surface area contributed by atoms with E-state index in [9.17, 15) is 15.0 Å². The van der Waals surface area contributed by atoms with Crippen LogP contribution in [0.1, 0.15) is 18.7 Å². The second-order valence-electron chi connectivity index (χ2n) is 5.74.